The summed E-state index contributed by atoms with van der Waals surface area (Å²) in [6.07, 6.45) is 0.468. The van der Waals surface area contributed by atoms with Crippen molar-refractivity contribution < 1.29 is 18.3 Å². The zero-order chi connectivity index (χ0) is 25.3. The molecule has 8 heteroatoms. The van der Waals surface area contributed by atoms with Crippen molar-refractivity contribution in [2.24, 2.45) is 5.92 Å². The first kappa shape index (κ1) is 25.8. The number of rotatable bonds is 7. The van der Waals surface area contributed by atoms with Crippen LogP contribution in [0.4, 0.5) is 0 Å². The van der Waals surface area contributed by atoms with Gasteiger partial charge in [0.05, 0.1) is 16.9 Å². The van der Waals surface area contributed by atoms with E-state index in [1.165, 1.54) is 16.1 Å². The number of aliphatic carboxylic acids is 1. The number of halogens is 1. The van der Waals surface area contributed by atoms with E-state index >= 15 is 0 Å². The fourth-order valence-electron chi connectivity index (χ4n) is 4.75. The molecule has 1 aliphatic heterocycles. The lowest BCUT2D eigenvalue weighted by Gasteiger charge is -2.30. The lowest BCUT2D eigenvalue weighted by molar-refractivity contribution is -0.142. The zero-order valence-corrected chi connectivity index (χ0v) is 22.1. The first-order valence-electron chi connectivity index (χ1n) is 11.4. The third kappa shape index (κ3) is 5.14. The lowest BCUT2D eigenvalue weighted by atomic mass is 9.93. The fourth-order valence-corrected chi connectivity index (χ4v) is 8.43. The van der Waals surface area contributed by atoms with Crippen LogP contribution < -0.4 is 0 Å². The van der Waals surface area contributed by atoms with Crippen LogP contribution in [0.3, 0.4) is 0 Å². The molecule has 4 rings (SSSR count). The third-order valence-electron chi connectivity index (χ3n) is 6.46. The minimum atomic E-state index is -4.01. The van der Waals surface area contributed by atoms with Crippen LogP contribution in [0.25, 0.3) is 0 Å². The van der Waals surface area contributed by atoms with Crippen LogP contribution in [-0.4, -0.2) is 35.1 Å². The normalized spacial score (nSPS) is 22.9. The molecule has 1 N–H and O–H groups in total. The van der Waals surface area contributed by atoms with Gasteiger partial charge in [0, 0.05) is 21.2 Å². The van der Waals surface area contributed by atoms with Gasteiger partial charge in [-0.2, -0.15) is 4.31 Å². The van der Waals surface area contributed by atoms with Gasteiger partial charge >= 0.3 is 5.97 Å². The molecule has 184 valence electrons. The molecule has 0 radical (unpaired) electrons. The van der Waals surface area contributed by atoms with Crippen molar-refractivity contribution in [3.05, 3.63) is 94.5 Å². The lowest BCUT2D eigenvalue weighted by Crippen LogP contribution is -2.39. The highest BCUT2D eigenvalue weighted by atomic mass is 35.5. The molecule has 1 aliphatic rings. The molecule has 0 unspecified atom stereocenters. The van der Waals surface area contributed by atoms with Crippen molar-refractivity contribution in [1.29, 1.82) is 0 Å². The number of nitrogens with zero attached hydrogens (tertiary/aromatic N) is 1. The summed E-state index contributed by atoms with van der Waals surface area (Å²) in [5.74, 6) is -2.00. The van der Waals surface area contributed by atoms with Gasteiger partial charge in [-0.1, -0.05) is 66.0 Å². The van der Waals surface area contributed by atoms with E-state index in [0.717, 1.165) is 16.0 Å². The standard InChI is InChI=1S/C27H28ClNO4S2/c1-4-23-26(34-21-12-8-17(2)9-13-21)24(27(30)31)25(19-6-5-7-20(28)16-19)29(23)35(32,33)22-14-10-18(3)11-15-22/h5-16,23-26H,4H2,1-3H3,(H,30,31)/t23-,24+,25+,26-/m1/s1. The van der Waals surface area contributed by atoms with Gasteiger partial charge in [0.1, 0.15) is 0 Å². The van der Waals surface area contributed by atoms with E-state index in [2.05, 4.69) is 0 Å². The van der Waals surface area contributed by atoms with Gasteiger partial charge in [-0.05, 0) is 62.2 Å². The highest BCUT2D eigenvalue weighted by Gasteiger charge is 2.57. The second-order valence-corrected chi connectivity index (χ2v) is 12.4. The first-order valence-corrected chi connectivity index (χ1v) is 14.1. The molecule has 1 saturated heterocycles. The number of carboxylic acid groups (broad SMARTS) is 1. The molecule has 0 aliphatic carbocycles. The van der Waals surface area contributed by atoms with Crippen LogP contribution in [0.1, 0.15) is 36.1 Å². The van der Waals surface area contributed by atoms with Gasteiger partial charge in [0.25, 0.3) is 0 Å². The number of benzene rings is 3. The van der Waals surface area contributed by atoms with Crippen LogP contribution in [0.5, 0.6) is 0 Å². The Morgan fingerprint density at radius 2 is 1.60 bits per heavy atom. The maximum Gasteiger partial charge on any atom is 0.309 e. The predicted molar refractivity (Wildman–Crippen MR) is 140 cm³/mol. The van der Waals surface area contributed by atoms with Crippen LogP contribution >= 0.6 is 23.4 Å². The summed E-state index contributed by atoms with van der Waals surface area (Å²) in [4.78, 5) is 13.8. The number of hydrogen-bond donors (Lipinski definition) is 1. The Balaban J connectivity index is 1.90. The average molecular weight is 530 g/mol. The molecule has 1 fully saturated rings. The molecule has 3 aromatic carbocycles. The monoisotopic (exact) mass is 529 g/mol. The molecule has 0 bridgehead atoms. The summed E-state index contributed by atoms with van der Waals surface area (Å²) in [5, 5.41) is 10.4. The van der Waals surface area contributed by atoms with Gasteiger partial charge in [-0.15, -0.1) is 11.8 Å². The van der Waals surface area contributed by atoms with Gasteiger partial charge < -0.3 is 5.11 Å². The van der Waals surface area contributed by atoms with Crippen LogP contribution in [0, 0.1) is 19.8 Å². The highest BCUT2D eigenvalue weighted by Crippen LogP contribution is 2.51. The minimum Gasteiger partial charge on any atom is -0.481 e. The summed E-state index contributed by atoms with van der Waals surface area (Å²) in [6.45, 7) is 5.79. The Kier molecular flexibility index (Phi) is 7.62. The third-order valence-corrected chi connectivity index (χ3v) is 10.0. The van der Waals surface area contributed by atoms with Crippen molar-refractivity contribution >= 4 is 39.4 Å². The van der Waals surface area contributed by atoms with Gasteiger partial charge in [-0.3, -0.25) is 4.79 Å². The maximum atomic E-state index is 14.1. The van der Waals surface area contributed by atoms with Crippen LogP contribution in [-0.2, 0) is 14.8 Å². The fraction of sp³-hybridized carbons (Fsp3) is 0.296. The number of sulfonamides is 1. The van der Waals surface area contributed by atoms with E-state index in [9.17, 15) is 18.3 Å². The van der Waals surface area contributed by atoms with Gasteiger partial charge in [0.15, 0.2) is 0 Å². The molecule has 4 atom stereocenters. The van der Waals surface area contributed by atoms with E-state index in [4.69, 9.17) is 11.6 Å². The zero-order valence-electron chi connectivity index (χ0n) is 19.8. The summed E-state index contributed by atoms with van der Waals surface area (Å²) < 4.78 is 29.6. The van der Waals surface area contributed by atoms with Crippen LogP contribution in [0.2, 0.25) is 5.02 Å². The number of hydrogen-bond acceptors (Lipinski definition) is 4. The molecule has 1 heterocycles. The molecule has 3 aromatic rings. The highest BCUT2D eigenvalue weighted by molar-refractivity contribution is 8.00. The molecule has 5 nitrogen and oxygen atoms in total. The topological polar surface area (TPSA) is 74.7 Å². The van der Waals surface area contributed by atoms with Crippen molar-refractivity contribution in [2.75, 3.05) is 0 Å². The van der Waals surface area contributed by atoms with E-state index in [-0.39, 0.29) is 4.90 Å². The Hall–Kier alpha value is -2.32. The number of carbonyl (C=O) groups is 1. The number of carboxylic acids is 1. The SMILES string of the molecule is CC[C@@H]1[C@@H](Sc2ccc(C)cc2)[C@@H](C(=O)O)[C@H](c2cccc(Cl)c2)N1S(=O)(=O)c1ccc(C)cc1. The largest absolute Gasteiger partial charge is 0.481 e. The van der Waals surface area contributed by atoms with Crippen molar-refractivity contribution in [2.45, 2.75) is 54.3 Å². The van der Waals surface area contributed by atoms with Crippen molar-refractivity contribution in [3.63, 3.8) is 0 Å². The molecular weight excluding hydrogens is 502 g/mol. The molecule has 0 amide bonds. The quantitative estimate of drug-likeness (QED) is 0.386. The minimum absolute atomic E-state index is 0.152. The Morgan fingerprint density at radius 1 is 1.00 bits per heavy atom. The predicted octanol–water partition coefficient (Wildman–Crippen LogP) is 6.34. The van der Waals surface area contributed by atoms with E-state index in [1.807, 2.05) is 45.0 Å². The molecular formula is C27H28ClNO4S2. The van der Waals surface area contributed by atoms with E-state index in [0.29, 0.717) is 17.0 Å². The first-order chi connectivity index (χ1) is 16.6. The smallest absolute Gasteiger partial charge is 0.309 e. The second kappa shape index (κ2) is 10.3. The second-order valence-electron chi connectivity index (χ2n) is 8.88. The Morgan fingerprint density at radius 3 is 2.14 bits per heavy atom. The molecule has 0 saturated carbocycles. The van der Waals surface area contributed by atoms with Gasteiger partial charge in [0.2, 0.25) is 10.0 Å². The molecule has 0 aromatic heterocycles. The van der Waals surface area contributed by atoms with Gasteiger partial charge in [-0.25, -0.2) is 8.42 Å². The van der Waals surface area contributed by atoms with E-state index < -0.39 is 39.2 Å². The summed E-state index contributed by atoms with van der Waals surface area (Å²) in [5.41, 5.74) is 2.62. The average Bonchev–Trinajstić information content (AvgIpc) is 3.16. The molecule has 0 spiro atoms. The Labute approximate surface area is 216 Å². The Bertz CT molecular complexity index is 1310. The van der Waals surface area contributed by atoms with Crippen molar-refractivity contribution in [3.8, 4) is 0 Å². The summed E-state index contributed by atoms with van der Waals surface area (Å²) in [6, 6.07) is 20.0. The maximum absolute atomic E-state index is 14.1. The van der Waals surface area contributed by atoms with Crippen LogP contribution in [0.15, 0.2) is 82.6 Å². The summed E-state index contributed by atoms with van der Waals surface area (Å²) >= 11 is 7.71. The van der Waals surface area contributed by atoms with E-state index in [1.54, 1.807) is 48.5 Å². The summed E-state index contributed by atoms with van der Waals surface area (Å²) in [7, 11) is -4.01. The van der Waals surface area contributed by atoms with Crippen molar-refractivity contribution in [1.82, 2.24) is 4.31 Å². The number of aryl methyl sites for hydroxylation is 2. The number of thioether (sulfide) groups is 1. The molecule has 35 heavy (non-hydrogen) atoms.